The van der Waals surface area contributed by atoms with Gasteiger partial charge in [-0.3, -0.25) is 4.99 Å². The van der Waals surface area contributed by atoms with Crippen molar-refractivity contribution in [1.82, 2.24) is 15.5 Å². The molecule has 1 aliphatic rings. The average Bonchev–Trinajstić information content (AvgIpc) is 3.07. The first-order valence-electron chi connectivity index (χ1n) is 9.05. The fourth-order valence-electron chi connectivity index (χ4n) is 2.99. The van der Waals surface area contributed by atoms with Crippen molar-refractivity contribution in [3.8, 4) is 0 Å². The first-order chi connectivity index (χ1) is 11.3. The molecule has 5 nitrogen and oxygen atoms in total. The van der Waals surface area contributed by atoms with Gasteiger partial charge < -0.3 is 20.0 Å². The van der Waals surface area contributed by atoms with Crippen molar-refractivity contribution in [1.29, 1.82) is 0 Å². The molecule has 130 valence electrons. The van der Waals surface area contributed by atoms with E-state index in [1.807, 2.05) is 12.1 Å². The van der Waals surface area contributed by atoms with E-state index in [0.717, 1.165) is 44.3 Å². The van der Waals surface area contributed by atoms with Gasteiger partial charge in [-0.2, -0.15) is 0 Å². The van der Waals surface area contributed by atoms with Gasteiger partial charge in [-0.05, 0) is 50.9 Å². The zero-order valence-electron chi connectivity index (χ0n) is 14.7. The third-order valence-electron chi connectivity index (χ3n) is 4.17. The number of rotatable bonds is 8. The Labute approximate surface area is 140 Å². The number of nitrogens with one attached hydrogen (secondary N) is 2. The monoisotopic (exact) mass is 320 g/mol. The van der Waals surface area contributed by atoms with Crippen molar-refractivity contribution in [3.63, 3.8) is 0 Å². The van der Waals surface area contributed by atoms with E-state index in [1.165, 1.54) is 32.4 Å². The van der Waals surface area contributed by atoms with Gasteiger partial charge in [0.1, 0.15) is 5.76 Å². The first kappa shape index (κ1) is 17.9. The van der Waals surface area contributed by atoms with Gasteiger partial charge in [-0.15, -0.1) is 0 Å². The van der Waals surface area contributed by atoms with E-state index in [4.69, 9.17) is 9.41 Å². The Morgan fingerprint density at radius 2 is 2.13 bits per heavy atom. The molecule has 0 aliphatic carbocycles. The molecule has 1 unspecified atom stereocenters. The molecular weight excluding hydrogens is 288 g/mol. The summed E-state index contributed by atoms with van der Waals surface area (Å²) < 4.78 is 5.35. The van der Waals surface area contributed by atoms with Crippen molar-refractivity contribution < 1.29 is 4.42 Å². The molecule has 1 aromatic rings. The zero-order valence-corrected chi connectivity index (χ0v) is 14.7. The Kier molecular flexibility index (Phi) is 8.01. The standard InChI is InChI=1S/C18H32N4O/c1-3-19-18(20-10-9-17-8-7-13-23-17)21-14-16(2)15-22-11-5-4-6-12-22/h7-8,13,16H,3-6,9-12,14-15H2,1-2H3,(H2,19,20,21). The summed E-state index contributed by atoms with van der Waals surface area (Å²) >= 11 is 0. The normalized spacial score (nSPS) is 17.9. The van der Waals surface area contributed by atoms with Gasteiger partial charge in [0, 0.05) is 32.6 Å². The van der Waals surface area contributed by atoms with Crippen LogP contribution in [0.4, 0.5) is 0 Å². The maximum Gasteiger partial charge on any atom is 0.191 e. The molecule has 2 N–H and O–H groups in total. The lowest BCUT2D eigenvalue weighted by Gasteiger charge is -2.28. The largest absolute Gasteiger partial charge is 0.469 e. The van der Waals surface area contributed by atoms with Gasteiger partial charge in [0.05, 0.1) is 6.26 Å². The second kappa shape index (κ2) is 10.3. The molecule has 0 aromatic carbocycles. The van der Waals surface area contributed by atoms with Crippen molar-refractivity contribution in [2.45, 2.75) is 39.5 Å². The molecule has 5 heteroatoms. The Balaban J connectivity index is 1.70. The van der Waals surface area contributed by atoms with Crippen LogP contribution in [0.15, 0.2) is 27.8 Å². The maximum absolute atomic E-state index is 5.35. The van der Waals surface area contributed by atoms with Crippen LogP contribution in [0.3, 0.4) is 0 Å². The number of furan rings is 1. The second-order valence-electron chi connectivity index (χ2n) is 6.44. The smallest absolute Gasteiger partial charge is 0.191 e. The summed E-state index contributed by atoms with van der Waals surface area (Å²) in [4.78, 5) is 7.32. The molecule has 1 aromatic heterocycles. The van der Waals surface area contributed by atoms with E-state index in [9.17, 15) is 0 Å². The van der Waals surface area contributed by atoms with Gasteiger partial charge in [-0.25, -0.2) is 0 Å². The Bertz CT molecular complexity index is 438. The minimum absolute atomic E-state index is 0.591. The Morgan fingerprint density at radius 1 is 1.30 bits per heavy atom. The molecule has 0 saturated carbocycles. The van der Waals surface area contributed by atoms with Crippen LogP contribution in [-0.4, -0.2) is 50.1 Å². The van der Waals surface area contributed by atoms with Gasteiger partial charge >= 0.3 is 0 Å². The van der Waals surface area contributed by atoms with Crippen LogP contribution in [-0.2, 0) is 6.42 Å². The van der Waals surface area contributed by atoms with Crippen molar-refractivity contribution in [3.05, 3.63) is 24.2 Å². The molecule has 1 fully saturated rings. The quantitative estimate of drug-likeness (QED) is 0.571. The Morgan fingerprint density at radius 3 is 2.83 bits per heavy atom. The van der Waals surface area contributed by atoms with Gasteiger partial charge in [0.25, 0.3) is 0 Å². The summed E-state index contributed by atoms with van der Waals surface area (Å²) in [6.07, 6.45) is 6.70. The molecule has 23 heavy (non-hydrogen) atoms. The van der Waals surface area contributed by atoms with E-state index in [2.05, 4.69) is 29.4 Å². The number of aliphatic imine (C=N–C) groups is 1. The molecule has 0 radical (unpaired) electrons. The minimum Gasteiger partial charge on any atom is -0.469 e. The number of guanidine groups is 1. The maximum atomic E-state index is 5.35. The lowest BCUT2D eigenvalue weighted by Crippen LogP contribution is -2.39. The molecule has 0 spiro atoms. The van der Waals surface area contributed by atoms with Crippen molar-refractivity contribution in [2.24, 2.45) is 10.9 Å². The molecule has 2 heterocycles. The van der Waals surface area contributed by atoms with E-state index in [0.29, 0.717) is 5.92 Å². The summed E-state index contributed by atoms with van der Waals surface area (Å²) in [6.45, 7) is 10.7. The highest BCUT2D eigenvalue weighted by atomic mass is 16.3. The highest BCUT2D eigenvalue weighted by Crippen LogP contribution is 2.11. The molecule has 2 rings (SSSR count). The van der Waals surface area contributed by atoms with E-state index >= 15 is 0 Å². The molecule has 0 amide bonds. The third-order valence-corrected chi connectivity index (χ3v) is 4.17. The number of nitrogens with zero attached hydrogens (tertiary/aromatic N) is 2. The fraction of sp³-hybridized carbons (Fsp3) is 0.722. The van der Waals surface area contributed by atoms with Crippen LogP contribution >= 0.6 is 0 Å². The van der Waals surface area contributed by atoms with Crippen LogP contribution in [0.2, 0.25) is 0 Å². The number of piperidine rings is 1. The van der Waals surface area contributed by atoms with E-state index in [1.54, 1.807) is 6.26 Å². The highest BCUT2D eigenvalue weighted by Gasteiger charge is 2.13. The first-order valence-corrected chi connectivity index (χ1v) is 9.05. The van der Waals surface area contributed by atoms with Crippen LogP contribution in [0.5, 0.6) is 0 Å². The second-order valence-corrected chi connectivity index (χ2v) is 6.44. The van der Waals surface area contributed by atoms with E-state index in [-0.39, 0.29) is 0 Å². The van der Waals surface area contributed by atoms with Crippen LogP contribution in [0, 0.1) is 5.92 Å². The predicted octanol–water partition coefficient (Wildman–Crippen LogP) is 2.50. The summed E-state index contributed by atoms with van der Waals surface area (Å²) in [5.74, 6) is 2.50. The molecular formula is C18H32N4O. The van der Waals surface area contributed by atoms with Gasteiger partial charge in [0.15, 0.2) is 5.96 Å². The zero-order chi connectivity index (χ0) is 16.3. The molecule has 1 atom stereocenters. The summed E-state index contributed by atoms with van der Waals surface area (Å²) in [5.41, 5.74) is 0. The number of likely N-dealkylation sites (tertiary alicyclic amines) is 1. The van der Waals surface area contributed by atoms with E-state index < -0.39 is 0 Å². The Hall–Kier alpha value is -1.49. The predicted molar refractivity (Wildman–Crippen MR) is 95.8 cm³/mol. The van der Waals surface area contributed by atoms with Gasteiger partial charge in [0.2, 0.25) is 0 Å². The molecule has 1 aliphatic heterocycles. The number of hydrogen-bond donors (Lipinski definition) is 2. The number of hydrogen-bond acceptors (Lipinski definition) is 3. The summed E-state index contributed by atoms with van der Waals surface area (Å²) in [7, 11) is 0. The van der Waals surface area contributed by atoms with Crippen molar-refractivity contribution in [2.75, 3.05) is 39.3 Å². The SMILES string of the molecule is CCNC(=NCC(C)CN1CCCCC1)NCCc1ccco1. The topological polar surface area (TPSA) is 52.8 Å². The fourth-order valence-corrected chi connectivity index (χ4v) is 2.99. The third kappa shape index (κ3) is 7.08. The average molecular weight is 320 g/mol. The van der Waals surface area contributed by atoms with Crippen LogP contribution < -0.4 is 10.6 Å². The van der Waals surface area contributed by atoms with Crippen molar-refractivity contribution >= 4 is 5.96 Å². The van der Waals surface area contributed by atoms with Gasteiger partial charge in [-0.1, -0.05) is 13.3 Å². The molecule has 0 bridgehead atoms. The lowest BCUT2D eigenvalue weighted by molar-refractivity contribution is 0.203. The summed E-state index contributed by atoms with van der Waals surface area (Å²) in [5, 5.41) is 6.70. The minimum atomic E-state index is 0.591. The van der Waals surface area contributed by atoms with Crippen LogP contribution in [0.1, 0.15) is 38.9 Å². The molecule has 1 saturated heterocycles. The van der Waals surface area contributed by atoms with Crippen LogP contribution in [0.25, 0.3) is 0 Å². The highest BCUT2D eigenvalue weighted by molar-refractivity contribution is 5.79. The lowest BCUT2D eigenvalue weighted by atomic mass is 10.1. The summed E-state index contributed by atoms with van der Waals surface area (Å²) in [6, 6.07) is 3.93.